The van der Waals surface area contributed by atoms with Crippen molar-refractivity contribution >= 4 is 11.4 Å². The fourth-order valence-corrected chi connectivity index (χ4v) is 4.57. The third-order valence-corrected chi connectivity index (χ3v) is 5.72. The van der Waals surface area contributed by atoms with E-state index in [1.54, 1.807) is 19.2 Å². The average Bonchev–Trinajstić information content (AvgIpc) is 3.06. The third-order valence-electron chi connectivity index (χ3n) is 5.72. The van der Waals surface area contributed by atoms with Crippen molar-refractivity contribution in [3.8, 4) is 0 Å². The van der Waals surface area contributed by atoms with Gasteiger partial charge in [-0.25, -0.2) is 4.39 Å². The molecule has 1 aromatic carbocycles. The summed E-state index contributed by atoms with van der Waals surface area (Å²) in [6.07, 6.45) is 3.47. The van der Waals surface area contributed by atoms with E-state index in [-0.39, 0.29) is 11.9 Å². The van der Waals surface area contributed by atoms with Gasteiger partial charge in [-0.3, -0.25) is 4.99 Å². The minimum Gasteiger partial charge on any atom is -0.381 e. The van der Waals surface area contributed by atoms with Crippen molar-refractivity contribution in [2.24, 2.45) is 28.0 Å². The minimum absolute atomic E-state index is 0.0468. The zero-order chi connectivity index (χ0) is 14.8. The zero-order valence-corrected chi connectivity index (χ0v) is 12.5. The van der Waals surface area contributed by atoms with E-state index in [4.69, 9.17) is 15.5 Å². The van der Waals surface area contributed by atoms with E-state index in [1.165, 1.54) is 6.07 Å². The topological polar surface area (TPSA) is 47.6 Å². The Balaban J connectivity index is 1.72. The van der Waals surface area contributed by atoms with Crippen molar-refractivity contribution in [1.82, 2.24) is 0 Å². The molecule has 1 aromatic rings. The van der Waals surface area contributed by atoms with Gasteiger partial charge in [0.2, 0.25) is 0 Å². The molecule has 0 bridgehead atoms. The molecule has 21 heavy (non-hydrogen) atoms. The van der Waals surface area contributed by atoms with Crippen LogP contribution in [-0.4, -0.2) is 25.0 Å². The fraction of sp³-hybridized carbons (Fsp3) is 0.588. The van der Waals surface area contributed by atoms with Gasteiger partial charge in [0.1, 0.15) is 5.82 Å². The molecule has 4 rings (SSSR count). The molecule has 2 unspecified atom stereocenters. The Kier molecular flexibility index (Phi) is 2.79. The molecule has 0 radical (unpaired) electrons. The van der Waals surface area contributed by atoms with E-state index in [9.17, 15) is 4.39 Å². The first-order valence-corrected chi connectivity index (χ1v) is 7.70. The Morgan fingerprint density at radius 2 is 2.19 bits per heavy atom. The normalized spacial score (nSPS) is 37.9. The molecule has 3 nitrogen and oxygen atoms in total. The van der Waals surface area contributed by atoms with Crippen LogP contribution < -0.4 is 5.73 Å². The highest BCUT2D eigenvalue weighted by Crippen LogP contribution is 2.72. The number of nitrogens with zero attached hydrogens (tertiary/aromatic N) is 1. The largest absolute Gasteiger partial charge is 0.381 e. The van der Waals surface area contributed by atoms with Crippen molar-refractivity contribution < 1.29 is 9.13 Å². The van der Waals surface area contributed by atoms with Crippen molar-refractivity contribution in [1.29, 1.82) is 0 Å². The average molecular weight is 288 g/mol. The van der Waals surface area contributed by atoms with Crippen LogP contribution in [0.25, 0.3) is 0 Å². The van der Waals surface area contributed by atoms with Gasteiger partial charge >= 0.3 is 0 Å². The van der Waals surface area contributed by atoms with E-state index in [0.717, 1.165) is 36.2 Å². The lowest BCUT2D eigenvalue weighted by Gasteiger charge is -2.37. The maximum absolute atomic E-state index is 13.5. The smallest absolute Gasteiger partial charge is 0.123 e. The number of hydrogen-bond donors (Lipinski definition) is 1. The molecule has 2 N–H and O–H groups in total. The van der Waals surface area contributed by atoms with E-state index in [2.05, 4.69) is 0 Å². The number of aliphatic imine (C=N–C) groups is 1. The molecular formula is C17H21FN2O. The summed E-state index contributed by atoms with van der Waals surface area (Å²) in [6.45, 7) is 2.00. The summed E-state index contributed by atoms with van der Waals surface area (Å²) in [6, 6.07) is 4.86. The SMILES string of the molecule is COC1CC2(C1)C1Cc3cc(F)ccc3N=C([C@H](C)N)C12. The van der Waals surface area contributed by atoms with Crippen molar-refractivity contribution in [2.75, 3.05) is 7.11 Å². The van der Waals surface area contributed by atoms with E-state index >= 15 is 0 Å². The quantitative estimate of drug-likeness (QED) is 0.909. The summed E-state index contributed by atoms with van der Waals surface area (Å²) in [4.78, 5) is 4.81. The highest BCUT2D eigenvalue weighted by molar-refractivity contribution is 5.97. The molecule has 1 spiro atoms. The van der Waals surface area contributed by atoms with Crippen molar-refractivity contribution in [3.63, 3.8) is 0 Å². The predicted molar refractivity (Wildman–Crippen MR) is 80.3 cm³/mol. The summed E-state index contributed by atoms with van der Waals surface area (Å²) in [7, 11) is 1.78. The number of methoxy groups -OCH3 is 1. The number of hydrogen-bond acceptors (Lipinski definition) is 3. The van der Waals surface area contributed by atoms with Gasteiger partial charge in [0.15, 0.2) is 0 Å². The number of ether oxygens (including phenoxy) is 1. The second-order valence-corrected chi connectivity index (χ2v) is 6.89. The fourth-order valence-electron chi connectivity index (χ4n) is 4.57. The molecule has 1 heterocycles. The van der Waals surface area contributed by atoms with Gasteiger partial charge < -0.3 is 10.5 Å². The van der Waals surface area contributed by atoms with E-state index < -0.39 is 0 Å². The summed E-state index contributed by atoms with van der Waals surface area (Å²) in [5.74, 6) is 0.832. The molecule has 2 fully saturated rings. The lowest BCUT2D eigenvalue weighted by Crippen LogP contribution is -2.38. The molecule has 3 aliphatic rings. The van der Waals surface area contributed by atoms with Gasteiger partial charge in [-0.1, -0.05) is 0 Å². The Morgan fingerprint density at radius 1 is 1.43 bits per heavy atom. The number of benzene rings is 1. The molecule has 0 amide bonds. The number of fused-ring (bicyclic) bond motifs is 4. The summed E-state index contributed by atoms with van der Waals surface area (Å²) >= 11 is 0. The number of nitrogens with two attached hydrogens (primary N) is 1. The van der Waals surface area contributed by atoms with Crippen LogP contribution >= 0.6 is 0 Å². The number of rotatable bonds is 2. The minimum atomic E-state index is -0.178. The highest BCUT2D eigenvalue weighted by atomic mass is 19.1. The van der Waals surface area contributed by atoms with E-state index in [1.807, 2.05) is 6.92 Å². The third kappa shape index (κ3) is 1.82. The van der Waals surface area contributed by atoms with Crippen molar-refractivity contribution in [3.05, 3.63) is 29.6 Å². The summed E-state index contributed by atoms with van der Waals surface area (Å²) in [5, 5.41) is 0. The van der Waals surface area contributed by atoms with Gasteiger partial charge in [-0.15, -0.1) is 0 Å². The van der Waals surface area contributed by atoms with Crippen LogP contribution in [0.3, 0.4) is 0 Å². The number of halogens is 1. The predicted octanol–water partition coefficient (Wildman–Crippen LogP) is 2.84. The first-order chi connectivity index (χ1) is 10.0. The van der Waals surface area contributed by atoms with Gasteiger partial charge in [0.25, 0.3) is 0 Å². The Labute approximate surface area is 124 Å². The van der Waals surface area contributed by atoms with Gasteiger partial charge in [0.05, 0.1) is 11.8 Å². The summed E-state index contributed by atoms with van der Waals surface area (Å²) in [5.41, 5.74) is 9.51. The first kappa shape index (κ1) is 13.4. The standard InChI is InChI=1S/C17H21FN2O/c1-9(19)16-15-13(17(15)7-12(8-17)21-2)6-10-5-11(18)3-4-14(10)20-16/h3-5,9,12-13,15H,6-8,19H2,1-2H3/t9-,12?,13?,15?,17?/m0/s1. The van der Waals surface area contributed by atoms with E-state index in [0.29, 0.717) is 23.4 Å². The molecule has 1 aliphatic heterocycles. The zero-order valence-electron chi connectivity index (χ0n) is 12.5. The molecule has 4 heteroatoms. The Morgan fingerprint density at radius 3 is 2.86 bits per heavy atom. The molecule has 112 valence electrons. The molecule has 3 atom stereocenters. The Bertz CT molecular complexity index is 619. The van der Waals surface area contributed by atoms with Crippen LogP contribution in [0, 0.1) is 23.1 Å². The van der Waals surface area contributed by atoms with Gasteiger partial charge in [-0.2, -0.15) is 0 Å². The molecular weight excluding hydrogens is 267 g/mol. The molecule has 2 saturated carbocycles. The lowest BCUT2D eigenvalue weighted by atomic mass is 9.74. The maximum atomic E-state index is 13.5. The van der Waals surface area contributed by atoms with Crippen LogP contribution in [0.1, 0.15) is 25.3 Å². The van der Waals surface area contributed by atoms with Crippen LogP contribution in [0.15, 0.2) is 23.2 Å². The monoisotopic (exact) mass is 288 g/mol. The maximum Gasteiger partial charge on any atom is 0.123 e. The first-order valence-electron chi connectivity index (χ1n) is 7.70. The van der Waals surface area contributed by atoms with Gasteiger partial charge in [0, 0.05) is 24.8 Å². The van der Waals surface area contributed by atoms with Crippen molar-refractivity contribution in [2.45, 2.75) is 38.3 Å². The second-order valence-electron chi connectivity index (χ2n) is 6.89. The Hall–Kier alpha value is -1.26. The molecule has 0 saturated heterocycles. The highest BCUT2D eigenvalue weighted by Gasteiger charge is 2.71. The van der Waals surface area contributed by atoms with Crippen LogP contribution in [0.5, 0.6) is 0 Å². The van der Waals surface area contributed by atoms with Crippen LogP contribution in [0.4, 0.5) is 10.1 Å². The van der Waals surface area contributed by atoms with Crippen LogP contribution in [0.2, 0.25) is 0 Å². The van der Waals surface area contributed by atoms with Crippen LogP contribution in [-0.2, 0) is 11.2 Å². The lowest BCUT2D eigenvalue weighted by molar-refractivity contribution is -0.0198. The van der Waals surface area contributed by atoms with Gasteiger partial charge in [-0.05, 0) is 61.3 Å². The summed E-state index contributed by atoms with van der Waals surface area (Å²) < 4.78 is 19.0. The molecule has 2 aliphatic carbocycles. The second kappa shape index (κ2) is 4.37. The molecule has 0 aromatic heterocycles.